The van der Waals surface area contributed by atoms with E-state index in [9.17, 15) is 13.2 Å². The van der Waals surface area contributed by atoms with Crippen molar-refractivity contribution in [2.45, 2.75) is 25.7 Å². The number of piperazine rings is 1. The lowest BCUT2D eigenvalue weighted by atomic mass is 10.2. The van der Waals surface area contributed by atoms with Gasteiger partial charge < -0.3 is 9.80 Å². The van der Waals surface area contributed by atoms with Crippen LogP contribution in [0.5, 0.6) is 0 Å². The number of carbonyl (C=O) groups excluding carboxylic acids is 1. The van der Waals surface area contributed by atoms with Crippen LogP contribution in [0.25, 0.3) is 0 Å². The summed E-state index contributed by atoms with van der Waals surface area (Å²) in [5.74, 6) is 0.201. The minimum atomic E-state index is -3.51. The van der Waals surface area contributed by atoms with Gasteiger partial charge in [-0.1, -0.05) is 20.8 Å². The van der Waals surface area contributed by atoms with Crippen LogP contribution in [0.3, 0.4) is 0 Å². The fourth-order valence-electron chi connectivity index (χ4n) is 2.59. The minimum absolute atomic E-state index is 0.0372. The molecular weight excluding hydrogens is 326 g/mol. The highest BCUT2D eigenvalue weighted by molar-refractivity contribution is 7.89. The number of hydrogen-bond donors (Lipinski definition) is 1. The Labute approximate surface area is 144 Å². The largest absolute Gasteiger partial charge is 0.336 e. The molecule has 7 heteroatoms. The smallest absolute Gasteiger partial charge is 0.253 e. The predicted octanol–water partition coefficient (Wildman–Crippen LogP) is 1.40. The van der Waals surface area contributed by atoms with Gasteiger partial charge in [0.15, 0.2) is 0 Å². The summed E-state index contributed by atoms with van der Waals surface area (Å²) in [5.41, 5.74) is 0.530. The van der Waals surface area contributed by atoms with Gasteiger partial charge in [-0.3, -0.25) is 4.79 Å². The summed E-state index contributed by atoms with van der Waals surface area (Å²) >= 11 is 0. The fourth-order valence-corrected chi connectivity index (χ4v) is 3.80. The molecule has 1 N–H and O–H groups in total. The molecular formula is C17H27N3O3S. The summed E-state index contributed by atoms with van der Waals surface area (Å²) in [6.45, 7) is 10.6. The summed E-state index contributed by atoms with van der Waals surface area (Å²) in [6, 6.07) is 6.19. The molecule has 24 heavy (non-hydrogen) atoms. The first kappa shape index (κ1) is 18.9. The highest BCUT2D eigenvalue weighted by atomic mass is 32.2. The predicted molar refractivity (Wildman–Crippen MR) is 94.5 cm³/mol. The van der Waals surface area contributed by atoms with Crippen LogP contribution in [0.1, 0.15) is 31.1 Å². The third-order valence-electron chi connectivity index (χ3n) is 4.20. The second-order valence-corrected chi connectivity index (χ2v) is 8.26. The van der Waals surface area contributed by atoms with Crippen molar-refractivity contribution < 1.29 is 13.2 Å². The Hall–Kier alpha value is -1.44. The van der Waals surface area contributed by atoms with Crippen LogP contribution in [-0.2, 0) is 10.0 Å². The molecule has 1 aliphatic heterocycles. The summed E-state index contributed by atoms with van der Waals surface area (Å²) in [6.07, 6.45) is 0. The van der Waals surface area contributed by atoms with Crippen LogP contribution in [0.15, 0.2) is 29.2 Å². The number of sulfonamides is 1. The lowest BCUT2D eigenvalue weighted by molar-refractivity contribution is 0.0643. The number of nitrogens with zero attached hydrogens (tertiary/aromatic N) is 2. The van der Waals surface area contributed by atoms with Gasteiger partial charge in [-0.2, -0.15) is 0 Å². The molecule has 1 heterocycles. The zero-order valence-electron chi connectivity index (χ0n) is 14.7. The SMILES string of the molecule is CCN1CCN(C(=O)c2ccc(S(=O)(=O)NCC(C)C)cc2)CC1. The number of nitrogens with one attached hydrogen (secondary N) is 1. The molecule has 0 unspecified atom stereocenters. The zero-order valence-corrected chi connectivity index (χ0v) is 15.5. The first-order valence-corrected chi connectivity index (χ1v) is 9.93. The Morgan fingerprint density at radius 3 is 2.21 bits per heavy atom. The van der Waals surface area contributed by atoms with Crippen molar-refractivity contribution in [2.24, 2.45) is 5.92 Å². The number of amides is 1. The minimum Gasteiger partial charge on any atom is -0.336 e. The lowest BCUT2D eigenvalue weighted by Gasteiger charge is -2.34. The van der Waals surface area contributed by atoms with Crippen LogP contribution in [0, 0.1) is 5.92 Å². The number of likely N-dealkylation sites (N-methyl/N-ethyl adjacent to an activating group) is 1. The fraction of sp³-hybridized carbons (Fsp3) is 0.588. The summed E-state index contributed by atoms with van der Waals surface area (Å²) in [4.78, 5) is 16.8. The normalized spacial score (nSPS) is 16.6. The molecule has 1 fully saturated rings. The van der Waals surface area contributed by atoms with E-state index in [-0.39, 0.29) is 16.7 Å². The summed E-state index contributed by atoms with van der Waals surface area (Å²) in [5, 5.41) is 0. The molecule has 6 nitrogen and oxygen atoms in total. The van der Waals surface area contributed by atoms with Crippen molar-refractivity contribution in [1.82, 2.24) is 14.5 Å². The Morgan fingerprint density at radius 1 is 1.12 bits per heavy atom. The van der Waals surface area contributed by atoms with E-state index in [2.05, 4.69) is 16.5 Å². The van der Waals surface area contributed by atoms with Gasteiger partial charge in [0, 0.05) is 38.3 Å². The van der Waals surface area contributed by atoms with Gasteiger partial charge >= 0.3 is 0 Å². The van der Waals surface area contributed by atoms with E-state index in [0.717, 1.165) is 19.6 Å². The molecule has 0 radical (unpaired) electrons. The number of benzene rings is 1. The molecule has 0 saturated carbocycles. The second-order valence-electron chi connectivity index (χ2n) is 6.50. The van der Waals surface area contributed by atoms with Crippen LogP contribution in [0.2, 0.25) is 0 Å². The van der Waals surface area contributed by atoms with E-state index < -0.39 is 10.0 Å². The molecule has 0 bridgehead atoms. The quantitative estimate of drug-likeness (QED) is 0.839. The van der Waals surface area contributed by atoms with E-state index in [1.54, 1.807) is 12.1 Å². The van der Waals surface area contributed by atoms with Crippen LogP contribution >= 0.6 is 0 Å². The number of rotatable bonds is 6. The maximum Gasteiger partial charge on any atom is 0.253 e. The molecule has 1 amide bonds. The summed E-state index contributed by atoms with van der Waals surface area (Å²) in [7, 11) is -3.51. The molecule has 0 aliphatic carbocycles. The van der Waals surface area contributed by atoms with Crippen molar-refractivity contribution >= 4 is 15.9 Å². The van der Waals surface area contributed by atoms with Crippen LogP contribution in [-0.4, -0.2) is 63.4 Å². The topological polar surface area (TPSA) is 69.7 Å². The first-order chi connectivity index (χ1) is 11.3. The van der Waals surface area contributed by atoms with E-state index >= 15 is 0 Å². The third kappa shape index (κ3) is 4.78. The maximum absolute atomic E-state index is 12.5. The average Bonchev–Trinajstić information content (AvgIpc) is 2.59. The van der Waals surface area contributed by atoms with Crippen LogP contribution < -0.4 is 4.72 Å². The second kappa shape index (κ2) is 8.09. The number of hydrogen-bond acceptors (Lipinski definition) is 4. The summed E-state index contributed by atoms with van der Waals surface area (Å²) < 4.78 is 26.9. The molecule has 2 rings (SSSR count). The van der Waals surface area contributed by atoms with Gasteiger partial charge in [-0.25, -0.2) is 13.1 Å². The Kier molecular flexibility index (Phi) is 6.37. The molecule has 134 valence electrons. The van der Waals surface area contributed by atoms with E-state index in [1.165, 1.54) is 12.1 Å². The molecule has 0 aromatic heterocycles. The molecule has 0 spiro atoms. The highest BCUT2D eigenvalue weighted by Crippen LogP contribution is 2.14. The van der Waals surface area contributed by atoms with Gasteiger partial charge in [0.05, 0.1) is 4.90 Å². The Morgan fingerprint density at radius 2 is 1.71 bits per heavy atom. The van der Waals surface area contributed by atoms with E-state index in [0.29, 0.717) is 25.2 Å². The van der Waals surface area contributed by atoms with Gasteiger partial charge in [0.25, 0.3) is 5.91 Å². The van der Waals surface area contributed by atoms with Gasteiger partial charge in [0.1, 0.15) is 0 Å². The maximum atomic E-state index is 12.5. The standard InChI is InChI=1S/C17H27N3O3S/c1-4-19-9-11-20(12-10-19)17(21)15-5-7-16(8-6-15)24(22,23)18-13-14(2)3/h5-8,14,18H,4,9-13H2,1-3H3. The molecule has 0 atom stereocenters. The highest BCUT2D eigenvalue weighted by Gasteiger charge is 2.22. The first-order valence-electron chi connectivity index (χ1n) is 8.45. The van der Waals surface area contributed by atoms with Crippen molar-refractivity contribution in [2.75, 3.05) is 39.3 Å². The lowest BCUT2D eigenvalue weighted by Crippen LogP contribution is -2.48. The van der Waals surface area contributed by atoms with Gasteiger partial charge in [0.2, 0.25) is 10.0 Å². The zero-order chi connectivity index (χ0) is 17.7. The molecule has 1 aromatic carbocycles. The average molecular weight is 353 g/mol. The van der Waals surface area contributed by atoms with Crippen LogP contribution in [0.4, 0.5) is 0 Å². The third-order valence-corrected chi connectivity index (χ3v) is 5.64. The van der Waals surface area contributed by atoms with E-state index in [4.69, 9.17) is 0 Å². The number of carbonyl (C=O) groups is 1. The van der Waals surface area contributed by atoms with Crippen molar-refractivity contribution in [3.05, 3.63) is 29.8 Å². The molecule has 1 aliphatic rings. The Balaban J connectivity index is 2.02. The Bertz CT molecular complexity index is 648. The van der Waals surface area contributed by atoms with Crippen molar-refractivity contribution in [3.8, 4) is 0 Å². The van der Waals surface area contributed by atoms with E-state index in [1.807, 2.05) is 18.7 Å². The van der Waals surface area contributed by atoms with Gasteiger partial charge in [-0.05, 0) is 36.7 Å². The van der Waals surface area contributed by atoms with Gasteiger partial charge in [-0.15, -0.1) is 0 Å². The molecule has 1 aromatic rings. The monoisotopic (exact) mass is 353 g/mol. The van der Waals surface area contributed by atoms with Crippen molar-refractivity contribution in [1.29, 1.82) is 0 Å². The molecule has 1 saturated heterocycles. The van der Waals surface area contributed by atoms with Crippen molar-refractivity contribution in [3.63, 3.8) is 0 Å².